The van der Waals surface area contributed by atoms with Gasteiger partial charge in [0.2, 0.25) is 0 Å². The lowest BCUT2D eigenvalue weighted by molar-refractivity contribution is -0.149. The summed E-state index contributed by atoms with van der Waals surface area (Å²) in [7, 11) is 0. The van der Waals surface area contributed by atoms with Gasteiger partial charge in [-0.05, 0) is 27.2 Å². The molecule has 23 heavy (non-hydrogen) atoms. The van der Waals surface area contributed by atoms with Gasteiger partial charge < -0.3 is 19.3 Å². The minimum absolute atomic E-state index is 0.00423. The van der Waals surface area contributed by atoms with Gasteiger partial charge in [0.15, 0.2) is 6.07 Å². The maximum atomic E-state index is 11.7. The van der Waals surface area contributed by atoms with E-state index in [1.807, 2.05) is 0 Å². The number of ether oxygens (including phenoxy) is 3. The van der Waals surface area contributed by atoms with Crippen molar-refractivity contribution in [1.29, 1.82) is 0 Å². The Morgan fingerprint density at radius 2 is 1.65 bits per heavy atom. The molecule has 8 heteroatoms. The van der Waals surface area contributed by atoms with Crippen LogP contribution < -0.4 is 0 Å². The van der Waals surface area contributed by atoms with Crippen molar-refractivity contribution in [3.05, 3.63) is 11.6 Å². The smallest absolute Gasteiger partial charge is 0.478 e. The molecule has 0 aromatic heterocycles. The third-order valence-corrected chi connectivity index (χ3v) is 2.50. The number of halogens is 1. The standard InChI is InChI=1S/C15H23ClO7/c1-14(2,3)23-11(17)6-10(12(18)19)7-15(4,5)8-21-13(20)22-9-16/h6H,7-9H2,1-5H3,(H,18,19)/b10-6+. The molecule has 0 fully saturated rings. The molecule has 0 aromatic carbocycles. The highest BCUT2D eigenvalue weighted by molar-refractivity contribution is 6.17. The van der Waals surface area contributed by atoms with Crippen LogP contribution >= 0.6 is 11.6 Å². The highest BCUT2D eigenvalue weighted by Crippen LogP contribution is 2.26. The Kier molecular flexibility index (Phi) is 8.09. The zero-order chi connectivity index (χ0) is 18.3. The van der Waals surface area contributed by atoms with E-state index in [0.29, 0.717) is 0 Å². The van der Waals surface area contributed by atoms with E-state index in [9.17, 15) is 19.5 Å². The summed E-state index contributed by atoms with van der Waals surface area (Å²) in [6, 6.07) is -0.335. The molecule has 0 heterocycles. The van der Waals surface area contributed by atoms with Crippen molar-refractivity contribution in [2.75, 3.05) is 12.7 Å². The van der Waals surface area contributed by atoms with E-state index in [1.165, 1.54) is 0 Å². The van der Waals surface area contributed by atoms with Gasteiger partial charge in [0.25, 0.3) is 0 Å². The predicted octanol–water partition coefficient (Wildman–Crippen LogP) is 3.10. The average molecular weight is 351 g/mol. The van der Waals surface area contributed by atoms with Gasteiger partial charge >= 0.3 is 18.1 Å². The first-order valence-electron chi connectivity index (χ1n) is 6.89. The summed E-state index contributed by atoms with van der Waals surface area (Å²) < 4.78 is 14.3. The normalized spacial score (nSPS) is 12.5. The third kappa shape index (κ3) is 10.6. The lowest BCUT2D eigenvalue weighted by atomic mass is 9.86. The average Bonchev–Trinajstić information content (AvgIpc) is 2.33. The number of esters is 1. The molecule has 0 bridgehead atoms. The molecule has 7 nitrogen and oxygen atoms in total. The molecule has 0 aromatic rings. The maximum absolute atomic E-state index is 11.7. The van der Waals surface area contributed by atoms with E-state index in [1.54, 1.807) is 34.6 Å². The van der Waals surface area contributed by atoms with Gasteiger partial charge in [-0.25, -0.2) is 14.4 Å². The van der Waals surface area contributed by atoms with E-state index in [2.05, 4.69) is 4.74 Å². The van der Waals surface area contributed by atoms with Crippen LogP contribution in [0, 0.1) is 5.41 Å². The van der Waals surface area contributed by atoms with Crippen LogP contribution in [-0.4, -0.2) is 41.5 Å². The first-order chi connectivity index (χ1) is 10.4. The minimum atomic E-state index is -1.24. The highest BCUT2D eigenvalue weighted by Gasteiger charge is 2.26. The topological polar surface area (TPSA) is 99.1 Å². The summed E-state index contributed by atoms with van der Waals surface area (Å²) in [4.78, 5) is 34.1. The van der Waals surface area contributed by atoms with Gasteiger partial charge in [-0.1, -0.05) is 25.4 Å². The van der Waals surface area contributed by atoms with E-state index >= 15 is 0 Å². The molecule has 0 saturated carbocycles. The molecule has 0 amide bonds. The van der Waals surface area contributed by atoms with Crippen molar-refractivity contribution in [2.45, 2.75) is 46.6 Å². The fraction of sp³-hybridized carbons (Fsp3) is 0.667. The van der Waals surface area contributed by atoms with E-state index in [0.717, 1.165) is 6.08 Å². The number of carbonyl (C=O) groups excluding carboxylic acids is 2. The Hall–Kier alpha value is -1.76. The van der Waals surface area contributed by atoms with Gasteiger partial charge in [0, 0.05) is 17.1 Å². The van der Waals surface area contributed by atoms with Gasteiger partial charge in [-0.3, -0.25) is 0 Å². The Bertz CT molecular complexity index is 475. The van der Waals surface area contributed by atoms with Crippen LogP contribution in [-0.2, 0) is 23.8 Å². The summed E-state index contributed by atoms with van der Waals surface area (Å²) in [5.41, 5.74) is -1.59. The van der Waals surface area contributed by atoms with E-state index in [-0.39, 0.29) is 24.7 Å². The Labute approximate surface area is 140 Å². The van der Waals surface area contributed by atoms with E-state index in [4.69, 9.17) is 21.1 Å². The highest BCUT2D eigenvalue weighted by atomic mass is 35.5. The van der Waals surface area contributed by atoms with Crippen LogP contribution in [0.15, 0.2) is 11.6 Å². The van der Waals surface area contributed by atoms with Gasteiger partial charge in [0.1, 0.15) is 12.2 Å². The molecule has 0 aliphatic carbocycles. The Morgan fingerprint density at radius 3 is 2.09 bits per heavy atom. The van der Waals surface area contributed by atoms with Crippen molar-refractivity contribution >= 4 is 29.7 Å². The summed E-state index contributed by atoms with van der Waals surface area (Å²) in [5.74, 6) is -1.99. The van der Waals surface area contributed by atoms with Crippen molar-refractivity contribution in [3.8, 4) is 0 Å². The molecule has 0 spiro atoms. The van der Waals surface area contributed by atoms with Gasteiger partial charge in [-0.15, -0.1) is 0 Å². The van der Waals surface area contributed by atoms with Crippen molar-refractivity contribution < 1.29 is 33.7 Å². The Balaban J connectivity index is 4.88. The summed E-state index contributed by atoms with van der Waals surface area (Å²) in [6.07, 6.45) is -0.0108. The summed E-state index contributed by atoms with van der Waals surface area (Å²) in [5, 5.41) is 9.22. The third-order valence-electron chi connectivity index (χ3n) is 2.40. The number of carbonyl (C=O) groups is 3. The SMILES string of the molecule is CC(C)(COC(=O)OCCl)C/C(=C\C(=O)OC(C)(C)C)C(=O)O. The van der Waals surface area contributed by atoms with E-state index < -0.39 is 29.1 Å². The van der Waals surface area contributed by atoms with Crippen LogP contribution in [0.3, 0.4) is 0 Å². The molecular weight excluding hydrogens is 328 g/mol. The fourth-order valence-corrected chi connectivity index (χ4v) is 1.66. The first kappa shape index (κ1) is 21.2. The fourth-order valence-electron chi connectivity index (χ4n) is 1.57. The predicted molar refractivity (Wildman–Crippen MR) is 83.1 cm³/mol. The second-order valence-corrected chi connectivity index (χ2v) is 6.86. The second kappa shape index (κ2) is 8.76. The van der Waals surface area contributed by atoms with Crippen LogP contribution in [0.2, 0.25) is 0 Å². The molecule has 132 valence electrons. The van der Waals surface area contributed by atoms with Crippen LogP contribution in [0.4, 0.5) is 4.79 Å². The number of aliphatic carboxylic acids is 1. The number of rotatable bonds is 7. The molecule has 0 atom stereocenters. The van der Waals surface area contributed by atoms with Crippen LogP contribution in [0.5, 0.6) is 0 Å². The molecule has 0 radical (unpaired) electrons. The number of alkyl halides is 1. The quantitative estimate of drug-likeness (QED) is 0.427. The molecule has 0 aliphatic heterocycles. The first-order valence-corrected chi connectivity index (χ1v) is 7.42. The Morgan fingerprint density at radius 1 is 1.09 bits per heavy atom. The zero-order valence-electron chi connectivity index (χ0n) is 14.0. The molecule has 0 unspecified atom stereocenters. The summed E-state index contributed by atoms with van der Waals surface area (Å²) in [6.45, 7) is 8.32. The van der Waals surface area contributed by atoms with Crippen molar-refractivity contribution in [3.63, 3.8) is 0 Å². The number of hydrogen-bond donors (Lipinski definition) is 1. The number of carboxylic acid groups (broad SMARTS) is 1. The minimum Gasteiger partial charge on any atom is -0.478 e. The molecular formula is C15H23ClO7. The lowest BCUT2D eigenvalue weighted by Crippen LogP contribution is -2.26. The number of hydrogen-bond acceptors (Lipinski definition) is 6. The zero-order valence-corrected chi connectivity index (χ0v) is 14.7. The molecule has 0 rings (SSSR count). The van der Waals surface area contributed by atoms with Crippen molar-refractivity contribution in [2.24, 2.45) is 5.41 Å². The molecule has 0 saturated heterocycles. The second-order valence-electron chi connectivity index (χ2n) is 6.64. The van der Waals surface area contributed by atoms with Gasteiger partial charge in [0.05, 0.1) is 0 Å². The monoisotopic (exact) mass is 350 g/mol. The molecule has 0 aliphatic rings. The van der Waals surface area contributed by atoms with Crippen LogP contribution in [0.25, 0.3) is 0 Å². The largest absolute Gasteiger partial charge is 0.509 e. The summed E-state index contributed by atoms with van der Waals surface area (Å²) >= 11 is 5.22. The van der Waals surface area contributed by atoms with Crippen molar-refractivity contribution in [1.82, 2.24) is 0 Å². The maximum Gasteiger partial charge on any atom is 0.509 e. The lowest BCUT2D eigenvalue weighted by Gasteiger charge is -2.24. The van der Waals surface area contributed by atoms with Gasteiger partial charge in [-0.2, -0.15) is 0 Å². The molecule has 1 N–H and O–H groups in total. The van der Waals surface area contributed by atoms with Crippen LogP contribution in [0.1, 0.15) is 41.0 Å². The number of carboxylic acids is 1.